The van der Waals surface area contributed by atoms with Crippen molar-refractivity contribution in [2.45, 2.75) is 44.5 Å². The Hall–Kier alpha value is -4.71. The van der Waals surface area contributed by atoms with Gasteiger partial charge in [0.2, 0.25) is 11.9 Å². The van der Waals surface area contributed by atoms with Gasteiger partial charge in [0.1, 0.15) is 5.02 Å². The molecule has 1 fully saturated rings. The predicted molar refractivity (Wildman–Crippen MR) is 158 cm³/mol. The van der Waals surface area contributed by atoms with Gasteiger partial charge in [0.25, 0.3) is 0 Å². The van der Waals surface area contributed by atoms with Crippen LogP contribution >= 0.6 is 11.6 Å². The molecular weight excluding hydrogens is 664 g/mol. The SMILES string of the molecule is O=C(CC1CCNCC1)Nc1ccc2cc1CCc1cncc(c1)Nc1ncc(Cl)c(n1)N2.O=C(O)C(F)(F)F.O=C(O)C(F)(F)F. The number of aryl methyl sites for hydroxylation is 2. The molecule has 6 N–H and O–H groups in total. The van der Waals surface area contributed by atoms with E-state index in [0.29, 0.717) is 29.1 Å². The molecule has 0 saturated carbocycles. The van der Waals surface area contributed by atoms with Crippen LogP contribution in [-0.4, -0.2) is 68.5 Å². The number of rotatable bonds is 3. The summed E-state index contributed by atoms with van der Waals surface area (Å²) < 4.78 is 63.5. The number of pyridine rings is 1. The summed E-state index contributed by atoms with van der Waals surface area (Å²) >= 11 is 6.34. The van der Waals surface area contributed by atoms with Gasteiger partial charge in [0, 0.05) is 24.0 Å². The number of amides is 1. The Morgan fingerprint density at radius 1 is 0.894 bits per heavy atom. The van der Waals surface area contributed by atoms with Crippen molar-refractivity contribution in [2.24, 2.45) is 5.92 Å². The number of hydrogen-bond acceptors (Lipinski definition) is 9. The number of aromatic nitrogens is 3. The highest BCUT2D eigenvalue weighted by atomic mass is 35.5. The smallest absolute Gasteiger partial charge is 0.475 e. The van der Waals surface area contributed by atoms with Gasteiger partial charge in [-0.2, -0.15) is 31.3 Å². The highest BCUT2D eigenvalue weighted by Gasteiger charge is 2.38. The van der Waals surface area contributed by atoms with Crippen molar-refractivity contribution < 1.29 is 50.9 Å². The number of anilines is 5. The number of carboxylic acids is 2. The maximum absolute atomic E-state index is 12.8. The Morgan fingerprint density at radius 2 is 1.53 bits per heavy atom. The molecular formula is C28H28ClF6N7O5. The third-order valence-corrected chi connectivity index (χ3v) is 6.81. The van der Waals surface area contributed by atoms with Crippen LogP contribution in [-0.2, 0) is 27.2 Å². The van der Waals surface area contributed by atoms with Crippen LogP contribution in [0, 0.1) is 5.92 Å². The number of hydrogen-bond donors (Lipinski definition) is 6. The lowest BCUT2D eigenvalue weighted by Gasteiger charge is -2.22. The number of benzene rings is 1. The summed E-state index contributed by atoms with van der Waals surface area (Å²) in [4.78, 5) is 43.7. The van der Waals surface area contributed by atoms with Crippen molar-refractivity contribution in [1.82, 2.24) is 20.3 Å². The fourth-order valence-electron chi connectivity index (χ4n) is 4.30. The van der Waals surface area contributed by atoms with Crippen LogP contribution in [0.15, 0.2) is 42.9 Å². The number of piperidine rings is 1. The lowest BCUT2D eigenvalue weighted by atomic mass is 9.94. The summed E-state index contributed by atoms with van der Waals surface area (Å²) in [6.07, 6.45) is -0.838. The average Bonchev–Trinajstić information content (AvgIpc) is 2.99. The molecule has 19 heteroatoms. The zero-order chi connectivity index (χ0) is 34.8. The molecule has 0 aliphatic carbocycles. The van der Waals surface area contributed by atoms with Crippen molar-refractivity contribution in [3.63, 3.8) is 0 Å². The third kappa shape index (κ3) is 12.2. The van der Waals surface area contributed by atoms with Gasteiger partial charge >= 0.3 is 24.3 Å². The number of alkyl halides is 6. The molecule has 4 heterocycles. The van der Waals surface area contributed by atoms with E-state index in [2.05, 4.69) is 36.2 Å². The zero-order valence-corrected chi connectivity index (χ0v) is 24.9. The second-order valence-corrected chi connectivity index (χ2v) is 10.6. The number of carbonyl (C=O) groups is 3. The second kappa shape index (κ2) is 16.2. The fraction of sp³-hybridized carbons (Fsp3) is 0.357. The summed E-state index contributed by atoms with van der Waals surface area (Å²) in [5, 5.41) is 27.6. The van der Waals surface area contributed by atoms with Crippen LogP contribution in [0.1, 0.15) is 30.4 Å². The van der Waals surface area contributed by atoms with Gasteiger partial charge in [-0.15, -0.1) is 0 Å². The van der Waals surface area contributed by atoms with E-state index in [-0.39, 0.29) is 5.91 Å². The number of aliphatic carboxylic acids is 2. The van der Waals surface area contributed by atoms with Gasteiger partial charge in [-0.3, -0.25) is 9.78 Å². The van der Waals surface area contributed by atoms with Gasteiger partial charge in [-0.1, -0.05) is 11.6 Å². The zero-order valence-electron chi connectivity index (χ0n) is 24.2. The Bertz CT molecular complexity index is 1550. The third-order valence-electron chi connectivity index (χ3n) is 6.54. The molecule has 47 heavy (non-hydrogen) atoms. The van der Waals surface area contributed by atoms with Crippen molar-refractivity contribution in [2.75, 3.05) is 29.0 Å². The summed E-state index contributed by atoms with van der Waals surface area (Å²) in [7, 11) is 0. The Morgan fingerprint density at radius 3 is 2.15 bits per heavy atom. The van der Waals surface area contributed by atoms with Gasteiger partial charge in [-0.25, -0.2) is 14.6 Å². The van der Waals surface area contributed by atoms with Gasteiger partial charge in [0.15, 0.2) is 5.82 Å². The Kier molecular flexibility index (Phi) is 12.7. The molecule has 0 atom stereocenters. The summed E-state index contributed by atoms with van der Waals surface area (Å²) in [6.45, 7) is 1.97. The van der Waals surface area contributed by atoms with Gasteiger partial charge in [0.05, 0.1) is 18.1 Å². The lowest BCUT2D eigenvalue weighted by Crippen LogP contribution is -2.30. The number of carboxylic acid groups (broad SMARTS) is 2. The minimum Gasteiger partial charge on any atom is -0.475 e. The molecule has 0 unspecified atom stereocenters. The molecule has 1 saturated heterocycles. The van der Waals surface area contributed by atoms with E-state index in [4.69, 9.17) is 31.4 Å². The summed E-state index contributed by atoms with van der Waals surface area (Å²) in [6, 6.07) is 7.95. The second-order valence-electron chi connectivity index (χ2n) is 10.1. The number of nitrogens with zero attached hydrogens (tertiary/aromatic N) is 3. The van der Waals surface area contributed by atoms with E-state index in [1.807, 2.05) is 30.5 Å². The molecule has 6 bridgehead atoms. The highest BCUT2D eigenvalue weighted by molar-refractivity contribution is 6.32. The molecule has 2 aliphatic heterocycles. The average molecular weight is 692 g/mol. The molecule has 2 aliphatic rings. The van der Waals surface area contributed by atoms with Gasteiger partial charge < -0.3 is 31.5 Å². The lowest BCUT2D eigenvalue weighted by molar-refractivity contribution is -0.193. The number of carbonyl (C=O) groups excluding carboxylic acids is 1. The quantitative estimate of drug-likeness (QED) is 0.186. The topological polar surface area (TPSA) is 178 Å². The monoisotopic (exact) mass is 691 g/mol. The fourth-order valence-corrected chi connectivity index (χ4v) is 4.44. The molecule has 254 valence electrons. The first-order valence-corrected chi connectivity index (χ1v) is 14.1. The van der Waals surface area contributed by atoms with E-state index in [1.54, 1.807) is 12.4 Å². The van der Waals surface area contributed by atoms with E-state index < -0.39 is 24.3 Å². The van der Waals surface area contributed by atoms with Crippen LogP contribution in [0.3, 0.4) is 0 Å². The Balaban J connectivity index is 0.000000360. The maximum atomic E-state index is 12.8. The maximum Gasteiger partial charge on any atom is 0.490 e. The standard InChI is InChI=1S/C24H26ClN7O.2C2HF3O2/c25-20-14-28-24-30-19-9-16(12-27-13-19)1-2-17-11-18(29-23(20)32-24)3-4-21(17)31-22(33)10-15-5-7-26-8-6-15;2*3-2(4,5)1(6)7/h3-4,9,11-15,26H,1-2,5-8,10H2,(H,31,33)(H2,28,29,30,32);2*(H,6,7). The number of halogens is 7. The molecule has 0 radical (unpaired) electrons. The van der Waals surface area contributed by atoms with Crippen molar-refractivity contribution in [3.8, 4) is 0 Å². The van der Waals surface area contributed by atoms with E-state index in [1.165, 1.54) is 0 Å². The Labute approximate surface area is 268 Å². The number of nitrogens with one attached hydrogen (secondary N) is 4. The largest absolute Gasteiger partial charge is 0.490 e. The predicted octanol–water partition coefficient (Wildman–Crippen LogP) is 5.71. The van der Waals surface area contributed by atoms with Crippen LogP contribution < -0.4 is 21.3 Å². The van der Waals surface area contributed by atoms with Crippen LogP contribution in [0.25, 0.3) is 0 Å². The van der Waals surface area contributed by atoms with Gasteiger partial charge in [-0.05, 0) is 80.1 Å². The van der Waals surface area contributed by atoms with E-state index in [0.717, 1.165) is 67.0 Å². The van der Waals surface area contributed by atoms with Crippen LogP contribution in [0.2, 0.25) is 5.02 Å². The molecule has 3 aromatic rings. The first-order valence-electron chi connectivity index (χ1n) is 13.8. The minimum absolute atomic E-state index is 0.0677. The van der Waals surface area contributed by atoms with E-state index >= 15 is 0 Å². The van der Waals surface area contributed by atoms with Crippen LogP contribution in [0.5, 0.6) is 0 Å². The molecule has 2 aromatic heterocycles. The summed E-state index contributed by atoms with van der Waals surface area (Å²) in [5.74, 6) is -4.07. The minimum atomic E-state index is -5.08. The summed E-state index contributed by atoms with van der Waals surface area (Å²) in [5.41, 5.74) is 4.62. The molecule has 1 amide bonds. The molecule has 5 rings (SSSR count). The number of fused-ring (bicyclic) bond motifs is 6. The van der Waals surface area contributed by atoms with Crippen molar-refractivity contribution >= 4 is 58.3 Å². The van der Waals surface area contributed by atoms with Crippen molar-refractivity contribution in [3.05, 3.63) is 59.0 Å². The molecule has 1 aromatic carbocycles. The normalized spacial score (nSPS) is 14.4. The van der Waals surface area contributed by atoms with Crippen LogP contribution in [0.4, 0.5) is 55.2 Å². The van der Waals surface area contributed by atoms with E-state index in [9.17, 15) is 31.1 Å². The molecule has 12 nitrogen and oxygen atoms in total. The van der Waals surface area contributed by atoms with Crippen molar-refractivity contribution in [1.29, 1.82) is 0 Å². The first-order chi connectivity index (χ1) is 22.0. The first kappa shape index (κ1) is 36.8. The molecule has 0 spiro atoms. The highest BCUT2D eigenvalue weighted by Crippen LogP contribution is 2.30.